The molecule has 108 valence electrons. The fraction of sp³-hybridized carbons (Fsp3) is 0.571. The molecule has 0 amide bonds. The van der Waals surface area contributed by atoms with Gasteiger partial charge in [0, 0.05) is 36.3 Å². The lowest BCUT2D eigenvalue weighted by Crippen LogP contribution is -2.46. The number of nitrogens with zero attached hydrogens (tertiary/aromatic N) is 2. The predicted molar refractivity (Wildman–Crippen MR) is 72.6 cm³/mol. The minimum Gasteiger partial charge on any atom is -0.328 e. The fourth-order valence-corrected chi connectivity index (χ4v) is 3.63. The van der Waals surface area contributed by atoms with E-state index in [1.165, 1.54) is 12.1 Å². The number of nitro benzene ring substituents is 1. The predicted octanol–water partition coefficient (Wildman–Crippen LogP) is 2.19. The Morgan fingerprint density at radius 2 is 2.00 bits per heavy atom. The van der Waals surface area contributed by atoms with Gasteiger partial charge >= 0.3 is 0 Å². The number of rotatable bonds is 3. The average Bonchev–Trinajstić information content (AvgIpc) is 2.62. The monoisotopic (exact) mass is 279 g/mol. The summed E-state index contributed by atoms with van der Waals surface area (Å²) in [6.07, 6.45) is 4.03. The van der Waals surface area contributed by atoms with Crippen molar-refractivity contribution in [3.05, 3.63) is 39.7 Å². The van der Waals surface area contributed by atoms with Gasteiger partial charge in [0.05, 0.1) is 4.92 Å². The maximum absolute atomic E-state index is 13.4. The number of nitrogens with two attached hydrogens (primary N) is 1. The highest BCUT2D eigenvalue weighted by molar-refractivity contribution is 5.40. The lowest BCUT2D eigenvalue weighted by atomic mass is 9.97. The minimum absolute atomic E-state index is 0.000622. The topological polar surface area (TPSA) is 72.4 Å². The molecule has 1 aromatic carbocycles. The molecule has 2 bridgehead atoms. The van der Waals surface area contributed by atoms with Crippen LogP contribution in [0.2, 0.25) is 0 Å². The van der Waals surface area contributed by atoms with Crippen LogP contribution in [0.15, 0.2) is 18.2 Å². The Bertz CT molecular complexity index is 523. The zero-order valence-electron chi connectivity index (χ0n) is 11.2. The van der Waals surface area contributed by atoms with Crippen LogP contribution in [-0.4, -0.2) is 27.9 Å². The summed E-state index contributed by atoms with van der Waals surface area (Å²) in [5, 5.41) is 11.1. The van der Waals surface area contributed by atoms with E-state index in [1.807, 2.05) is 0 Å². The van der Waals surface area contributed by atoms with Crippen LogP contribution in [0.5, 0.6) is 0 Å². The summed E-state index contributed by atoms with van der Waals surface area (Å²) in [6.45, 7) is 0.441. The second-order valence-electron chi connectivity index (χ2n) is 5.82. The first kappa shape index (κ1) is 13.5. The fourth-order valence-electron chi connectivity index (χ4n) is 3.63. The minimum atomic E-state index is -0.438. The van der Waals surface area contributed by atoms with E-state index in [2.05, 4.69) is 4.90 Å². The third kappa shape index (κ3) is 2.41. The first-order valence-electron chi connectivity index (χ1n) is 6.98. The lowest BCUT2D eigenvalue weighted by Gasteiger charge is -2.37. The number of halogens is 1. The summed E-state index contributed by atoms with van der Waals surface area (Å²) in [5.74, 6) is -0.424. The van der Waals surface area contributed by atoms with Crippen LogP contribution >= 0.6 is 0 Å². The first-order chi connectivity index (χ1) is 9.54. The Labute approximate surface area is 116 Å². The van der Waals surface area contributed by atoms with Crippen LogP contribution < -0.4 is 5.73 Å². The SMILES string of the molecule is NC1CC2CCC(C1)N2Cc1cc(F)ccc1[N+](=O)[O-]. The van der Waals surface area contributed by atoms with Gasteiger partial charge in [-0.15, -0.1) is 0 Å². The van der Waals surface area contributed by atoms with Crippen molar-refractivity contribution < 1.29 is 9.31 Å². The zero-order valence-corrected chi connectivity index (χ0v) is 11.2. The molecule has 2 N–H and O–H groups in total. The molecular weight excluding hydrogens is 261 g/mol. The maximum atomic E-state index is 13.4. The Kier molecular flexibility index (Phi) is 3.43. The van der Waals surface area contributed by atoms with Crippen molar-refractivity contribution in [3.63, 3.8) is 0 Å². The first-order valence-corrected chi connectivity index (χ1v) is 6.98. The van der Waals surface area contributed by atoms with E-state index < -0.39 is 10.7 Å². The molecule has 2 atom stereocenters. The third-order valence-electron chi connectivity index (χ3n) is 4.51. The maximum Gasteiger partial charge on any atom is 0.274 e. The molecule has 2 fully saturated rings. The van der Waals surface area contributed by atoms with Crippen LogP contribution in [0.3, 0.4) is 0 Å². The smallest absolute Gasteiger partial charge is 0.274 e. The van der Waals surface area contributed by atoms with Gasteiger partial charge in [0.15, 0.2) is 0 Å². The molecule has 0 aromatic heterocycles. The van der Waals surface area contributed by atoms with Crippen molar-refractivity contribution in [3.8, 4) is 0 Å². The van der Waals surface area contributed by atoms with Gasteiger partial charge in [-0.1, -0.05) is 0 Å². The van der Waals surface area contributed by atoms with Crippen molar-refractivity contribution in [2.24, 2.45) is 5.73 Å². The van der Waals surface area contributed by atoms with E-state index in [1.54, 1.807) is 0 Å². The van der Waals surface area contributed by atoms with Gasteiger partial charge < -0.3 is 5.73 Å². The number of hydrogen-bond donors (Lipinski definition) is 1. The molecule has 2 unspecified atom stereocenters. The summed E-state index contributed by atoms with van der Waals surface area (Å²) in [4.78, 5) is 12.9. The second kappa shape index (κ2) is 5.10. The van der Waals surface area contributed by atoms with E-state index in [4.69, 9.17) is 5.73 Å². The van der Waals surface area contributed by atoms with Crippen LogP contribution in [-0.2, 0) is 6.54 Å². The Hall–Kier alpha value is -1.53. The van der Waals surface area contributed by atoms with Crippen molar-refractivity contribution in [2.75, 3.05) is 0 Å². The van der Waals surface area contributed by atoms with Crippen molar-refractivity contribution in [2.45, 2.75) is 50.4 Å². The van der Waals surface area contributed by atoms with Gasteiger partial charge in [-0.05, 0) is 37.8 Å². The van der Waals surface area contributed by atoms with Crippen LogP contribution in [0, 0.1) is 15.9 Å². The molecule has 0 aliphatic carbocycles. The molecule has 20 heavy (non-hydrogen) atoms. The van der Waals surface area contributed by atoms with Crippen LogP contribution in [0.1, 0.15) is 31.2 Å². The van der Waals surface area contributed by atoms with Crippen molar-refractivity contribution in [1.29, 1.82) is 0 Å². The molecule has 0 radical (unpaired) electrons. The highest BCUT2D eigenvalue weighted by atomic mass is 19.1. The standard InChI is InChI=1S/C14H18FN3O2/c15-10-1-4-14(18(19)20)9(5-10)8-17-12-2-3-13(17)7-11(16)6-12/h1,4-5,11-13H,2-3,6-8,16H2. The summed E-state index contributed by atoms with van der Waals surface area (Å²) in [7, 11) is 0. The Balaban J connectivity index is 1.85. The summed E-state index contributed by atoms with van der Waals surface area (Å²) in [6, 6.07) is 4.67. The molecule has 0 spiro atoms. The Morgan fingerprint density at radius 3 is 2.60 bits per heavy atom. The summed E-state index contributed by atoms with van der Waals surface area (Å²) >= 11 is 0. The molecule has 6 heteroatoms. The van der Waals surface area contributed by atoms with Gasteiger partial charge in [-0.25, -0.2) is 4.39 Å². The van der Waals surface area contributed by atoms with Gasteiger partial charge in [0.1, 0.15) is 5.82 Å². The normalized spacial score (nSPS) is 29.6. The quantitative estimate of drug-likeness (QED) is 0.680. The molecular formula is C14H18FN3O2. The van der Waals surface area contributed by atoms with Gasteiger partial charge in [-0.2, -0.15) is 0 Å². The average molecular weight is 279 g/mol. The Morgan fingerprint density at radius 1 is 1.35 bits per heavy atom. The second-order valence-corrected chi connectivity index (χ2v) is 5.82. The zero-order chi connectivity index (χ0) is 14.3. The highest BCUT2D eigenvalue weighted by Gasteiger charge is 2.40. The van der Waals surface area contributed by atoms with Crippen LogP contribution in [0.4, 0.5) is 10.1 Å². The van der Waals surface area contributed by atoms with Gasteiger partial charge in [0.25, 0.3) is 5.69 Å². The van der Waals surface area contributed by atoms with Gasteiger partial charge in [-0.3, -0.25) is 15.0 Å². The highest BCUT2D eigenvalue weighted by Crippen LogP contribution is 2.37. The third-order valence-corrected chi connectivity index (χ3v) is 4.51. The summed E-state index contributed by atoms with van der Waals surface area (Å²) < 4.78 is 13.4. The van der Waals surface area contributed by atoms with E-state index in [9.17, 15) is 14.5 Å². The summed E-state index contributed by atoms with van der Waals surface area (Å²) in [5.41, 5.74) is 6.48. The van der Waals surface area contributed by atoms with E-state index in [0.717, 1.165) is 31.7 Å². The van der Waals surface area contributed by atoms with Crippen LogP contribution in [0.25, 0.3) is 0 Å². The number of hydrogen-bond acceptors (Lipinski definition) is 4. The molecule has 2 saturated heterocycles. The molecule has 5 nitrogen and oxygen atoms in total. The molecule has 2 aliphatic heterocycles. The van der Waals surface area contributed by atoms with E-state index >= 15 is 0 Å². The molecule has 2 heterocycles. The van der Waals surface area contributed by atoms with Crippen molar-refractivity contribution in [1.82, 2.24) is 4.90 Å². The van der Waals surface area contributed by atoms with E-state index in [-0.39, 0.29) is 11.7 Å². The van der Waals surface area contributed by atoms with Gasteiger partial charge in [0.2, 0.25) is 0 Å². The lowest BCUT2D eigenvalue weighted by molar-refractivity contribution is -0.385. The van der Waals surface area contributed by atoms with E-state index in [0.29, 0.717) is 24.2 Å². The molecule has 1 aromatic rings. The number of fused-ring (bicyclic) bond motifs is 2. The molecule has 0 saturated carbocycles. The molecule has 2 aliphatic rings. The largest absolute Gasteiger partial charge is 0.328 e. The number of benzene rings is 1. The number of piperidine rings is 1. The number of nitro groups is 1. The molecule has 3 rings (SSSR count). The van der Waals surface area contributed by atoms with Crippen molar-refractivity contribution >= 4 is 5.69 Å².